The fourth-order valence-corrected chi connectivity index (χ4v) is 3.57. The first-order valence-electron chi connectivity index (χ1n) is 8.94. The van der Waals surface area contributed by atoms with Gasteiger partial charge in [-0.1, -0.05) is 0 Å². The van der Waals surface area contributed by atoms with Crippen LogP contribution in [0.4, 0.5) is 32.6 Å². The molecule has 0 bridgehead atoms. The van der Waals surface area contributed by atoms with Crippen LogP contribution in [0.3, 0.4) is 0 Å². The molecule has 3 heterocycles. The number of nitrogens with one attached hydrogen (secondary N) is 2. The van der Waals surface area contributed by atoms with E-state index in [-0.39, 0.29) is 39.1 Å². The van der Waals surface area contributed by atoms with Gasteiger partial charge in [-0.3, -0.25) is 5.32 Å². The second kappa shape index (κ2) is 8.46. The molecule has 0 fully saturated rings. The lowest BCUT2D eigenvalue weighted by Crippen LogP contribution is -2.34. The van der Waals surface area contributed by atoms with Crippen molar-refractivity contribution in [2.45, 2.75) is 23.9 Å². The SMILES string of the molecule is CC[S+]([O-])c1ccc(NC(=O)NC)nc1-c1nc2cc(C(F)(F)C(F)(F)F)nnc2n1C. The molecule has 0 spiro atoms. The number of pyridine rings is 1. The quantitative estimate of drug-likeness (QED) is 0.431. The first-order valence-corrected chi connectivity index (χ1v) is 10.3. The third kappa shape index (κ3) is 4.17. The van der Waals surface area contributed by atoms with Gasteiger partial charge in [-0.25, -0.2) is 14.8 Å². The Labute approximate surface area is 180 Å². The van der Waals surface area contributed by atoms with Crippen molar-refractivity contribution in [1.82, 2.24) is 30.0 Å². The molecule has 0 saturated heterocycles. The number of imidazole rings is 1. The first-order chi connectivity index (χ1) is 14.9. The summed E-state index contributed by atoms with van der Waals surface area (Å²) in [6, 6.07) is 2.76. The molecular weight excluding hydrogens is 461 g/mol. The number of aromatic nitrogens is 5. The Morgan fingerprint density at radius 1 is 1.19 bits per heavy atom. The minimum absolute atomic E-state index is 0.0147. The van der Waals surface area contributed by atoms with E-state index in [1.54, 1.807) is 6.92 Å². The maximum Gasteiger partial charge on any atom is 0.459 e. The Morgan fingerprint density at radius 3 is 2.47 bits per heavy atom. The van der Waals surface area contributed by atoms with E-state index >= 15 is 0 Å². The van der Waals surface area contributed by atoms with Crippen molar-refractivity contribution in [2.24, 2.45) is 7.05 Å². The highest BCUT2D eigenvalue weighted by atomic mass is 32.2. The van der Waals surface area contributed by atoms with Crippen molar-refractivity contribution in [3.63, 3.8) is 0 Å². The molecule has 0 aliphatic heterocycles. The molecule has 1 atom stereocenters. The maximum atomic E-state index is 13.7. The van der Waals surface area contributed by atoms with Crippen molar-refractivity contribution in [1.29, 1.82) is 0 Å². The fraction of sp³-hybridized carbons (Fsp3) is 0.353. The number of anilines is 1. The fourth-order valence-electron chi connectivity index (χ4n) is 2.69. The predicted octanol–water partition coefficient (Wildman–Crippen LogP) is 2.96. The van der Waals surface area contributed by atoms with Gasteiger partial charge in [0.25, 0.3) is 0 Å². The van der Waals surface area contributed by atoms with Crippen molar-refractivity contribution >= 4 is 34.2 Å². The molecule has 3 aromatic rings. The molecule has 0 aromatic carbocycles. The van der Waals surface area contributed by atoms with Gasteiger partial charge in [-0.15, -0.1) is 10.2 Å². The summed E-state index contributed by atoms with van der Waals surface area (Å²) in [6.45, 7) is 1.66. The number of fused-ring (bicyclic) bond motifs is 1. The Hall–Kier alpha value is -3.07. The van der Waals surface area contributed by atoms with Crippen LogP contribution in [0.5, 0.6) is 0 Å². The molecule has 172 valence electrons. The minimum Gasteiger partial charge on any atom is -0.611 e. The predicted molar refractivity (Wildman–Crippen MR) is 105 cm³/mol. The van der Waals surface area contributed by atoms with Crippen molar-refractivity contribution in [3.8, 4) is 11.5 Å². The molecule has 32 heavy (non-hydrogen) atoms. The lowest BCUT2D eigenvalue weighted by molar-refractivity contribution is -0.291. The molecule has 0 radical (unpaired) electrons. The van der Waals surface area contributed by atoms with Gasteiger partial charge in [0, 0.05) is 14.1 Å². The molecule has 0 aliphatic carbocycles. The number of nitrogens with zero attached hydrogens (tertiary/aromatic N) is 5. The summed E-state index contributed by atoms with van der Waals surface area (Å²) in [5.74, 6) is -4.96. The average Bonchev–Trinajstić information content (AvgIpc) is 3.08. The van der Waals surface area contributed by atoms with Gasteiger partial charge in [0.05, 0.1) is 0 Å². The topological polar surface area (TPSA) is 121 Å². The zero-order chi connectivity index (χ0) is 23.8. The third-order valence-electron chi connectivity index (χ3n) is 4.34. The summed E-state index contributed by atoms with van der Waals surface area (Å²) >= 11 is -1.53. The smallest absolute Gasteiger partial charge is 0.459 e. The molecule has 3 aromatic heterocycles. The van der Waals surface area contributed by atoms with Gasteiger partial charge in [0.2, 0.25) is 0 Å². The number of carbonyl (C=O) groups is 1. The Kier molecular flexibility index (Phi) is 6.24. The Morgan fingerprint density at radius 2 is 1.88 bits per heavy atom. The number of amides is 2. The molecule has 1 unspecified atom stereocenters. The lowest BCUT2D eigenvalue weighted by Gasteiger charge is -2.17. The zero-order valence-corrected chi connectivity index (χ0v) is 17.6. The average molecular weight is 477 g/mol. The van der Waals surface area contributed by atoms with Gasteiger partial charge in [-0.2, -0.15) is 22.0 Å². The highest BCUT2D eigenvalue weighted by molar-refractivity contribution is 7.91. The van der Waals surface area contributed by atoms with Crippen LogP contribution in [0.15, 0.2) is 23.1 Å². The van der Waals surface area contributed by atoms with E-state index in [1.165, 1.54) is 30.8 Å². The third-order valence-corrected chi connectivity index (χ3v) is 5.69. The zero-order valence-electron chi connectivity index (χ0n) is 16.8. The summed E-state index contributed by atoms with van der Waals surface area (Å²) in [6.07, 6.45) is -5.86. The van der Waals surface area contributed by atoms with Crippen molar-refractivity contribution in [2.75, 3.05) is 18.1 Å². The van der Waals surface area contributed by atoms with Crippen LogP contribution in [0.1, 0.15) is 12.6 Å². The number of carbonyl (C=O) groups excluding carboxylic acids is 1. The monoisotopic (exact) mass is 477 g/mol. The van der Waals surface area contributed by atoms with E-state index in [0.717, 1.165) is 0 Å². The van der Waals surface area contributed by atoms with Gasteiger partial charge in [0.1, 0.15) is 22.8 Å². The van der Waals surface area contributed by atoms with Crippen molar-refractivity contribution < 1.29 is 31.3 Å². The highest BCUT2D eigenvalue weighted by Gasteiger charge is 2.60. The molecule has 2 N–H and O–H groups in total. The second-order valence-electron chi connectivity index (χ2n) is 6.39. The standard InChI is InChI=1S/C17H16F5N7O2S/c1-4-32(31)9-5-6-11(26-15(30)23-2)25-12(9)14-24-8-7-10(16(18,19)17(20,21)22)27-28-13(8)29(14)3/h5-7H,4H2,1-3H3,(H2,23,25,26,30). The van der Waals surface area contributed by atoms with Gasteiger partial charge in [-0.05, 0) is 36.3 Å². The minimum atomic E-state index is -5.86. The van der Waals surface area contributed by atoms with Gasteiger partial charge < -0.3 is 14.4 Å². The summed E-state index contributed by atoms with van der Waals surface area (Å²) in [4.78, 5) is 20.2. The van der Waals surface area contributed by atoms with E-state index in [0.29, 0.717) is 6.07 Å². The number of rotatable bonds is 5. The molecular formula is C17H16F5N7O2S. The maximum absolute atomic E-state index is 13.7. The van der Waals surface area contributed by atoms with Crippen LogP contribution in [0, 0.1) is 0 Å². The number of aryl methyl sites for hydroxylation is 1. The molecule has 2 amide bonds. The molecule has 15 heteroatoms. The molecule has 3 rings (SSSR count). The van der Waals surface area contributed by atoms with E-state index in [4.69, 9.17) is 0 Å². The Bertz CT molecular complexity index is 1170. The largest absolute Gasteiger partial charge is 0.611 e. The number of hydrogen-bond donors (Lipinski definition) is 2. The van der Waals surface area contributed by atoms with E-state index < -0.39 is 35.0 Å². The molecule has 0 saturated carbocycles. The van der Waals surface area contributed by atoms with E-state index in [1.807, 2.05) is 0 Å². The summed E-state index contributed by atoms with van der Waals surface area (Å²) in [5.41, 5.74) is -1.97. The van der Waals surface area contributed by atoms with Crippen molar-refractivity contribution in [3.05, 3.63) is 23.9 Å². The van der Waals surface area contributed by atoms with Crippen LogP contribution in [0.25, 0.3) is 22.7 Å². The van der Waals surface area contributed by atoms with Crippen LogP contribution < -0.4 is 10.6 Å². The summed E-state index contributed by atoms with van der Waals surface area (Å²) < 4.78 is 79.2. The number of halogens is 5. The van der Waals surface area contributed by atoms with Crippen LogP contribution in [-0.2, 0) is 24.1 Å². The summed E-state index contributed by atoms with van der Waals surface area (Å²) in [7, 11) is 2.80. The van der Waals surface area contributed by atoms with Crippen LogP contribution in [0.2, 0.25) is 0 Å². The Balaban J connectivity index is 2.19. The van der Waals surface area contributed by atoms with E-state index in [2.05, 4.69) is 30.8 Å². The van der Waals surface area contributed by atoms with Gasteiger partial charge >= 0.3 is 18.1 Å². The number of urea groups is 1. The number of alkyl halides is 5. The molecule has 0 aliphatic rings. The van der Waals surface area contributed by atoms with Crippen LogP contribution in [-0.4, -0.2) is 54.3 Å². The second-order valence-corrected chi connectivity index (χ2v) is 8.09. The first kappa shape index (κ1) is 23.6. The lowest BCUT2D eigenvalue weighted by atomic mass is 10.2. The highest BCUT2D eigenvalue weighted by Crippen LogP contribution is 2.43. The van der Waals surface area contributed by atoms with Gasteiger partial charge in [0.15, 0.2) is 22.1 Å². The molecule has 9 nitrogen and oxygen atoms in total. The van der Waals surface area contributed by atoms with Crippen LogP contribution >= 0.6 is 0 Å². The summed E-state index contributed by atoms with van der Waals surface area (Å²) in [5, 5.41) is 11.3. The van der Waals surface area contributed by atoms with E-state index in [9.17, 15) is 31.3 Å². The number of hydrogen-bond acceptors (Lipinski definition) is 6. The normalized spacial score (nSPS) is 13.3.